The third-order valence-corrected chi connectivity index (χ3v) is 19.5. The molecular formula is C51H74N2O10S2. The number of nitrogens with zero attached hydrogens (tertiary/aromatic N) is 2. The van der Waals surface area contributed by atoms with Crippen LogP contribution in [-0.4, -0.2) is 111 Å². The second kappa shape index (κ2) is 23.6. The van der Waals surface area contributed by atoms with Crippen LogP contribution in [0.5, 0.6) is 0 Å². The van der Waals surface area contributed by atoms with Crippen molar-refractivity contribution in [2.45, 2.75) is 141 Å². The first-order valence-corrected chi connectivity index (χ1v) is 25.8. The molecule has 0 saturated carbocycles. The number of thioether (sulfide) groups is 1. The predicted molar refractivity (Wildman–Crippen MR) is 258 cm³/mol. The molecule has 2 amide bonds. The maximum Gasteiger partial charge on any atom is 0.320 e. The Morgan fingerprint density at radius 2 is 1.18 bits per heavy atom. The molecule has 14 heteroatoms. The lowest BCUT2D eigenvalue weighted by molar-refractivity contribution is -0.162. The minimum Gasteiger partial charge on any atom is -0.466 e. The van der Waals surface area contributed by atoms with Gasteiger partial charge in [-0.1, -0.05) is 80.9 Å². The molecule has 0 aliphatic carbocycles. The van der Waals surface area contributed by atoms with E-state index in [2.05, 4.69) is 83.4 Å². The summed E-state index contributed by atoms with van der Waals surface area (Å²) in [6.07, 6.45) is 5.64. The highest BCUT2D eigenvalue weighted by Crippen LogP contribution is 2.61. The number of amides is 2. The number of carbonyl (C=O) groups is 6. The van der Waals surface area contributed by atoms with E-state index in [0.29, 0.717) is 42.6 Å². The second-order valence-corrected chi connectivity index (χ2v) is 21.8. The number of hydrogen-bond donors (Lipinski definition) is 0. The van der Waals surface area contributed by atoms with Gasteiger partial charge in [0, 0.05) is 54.2 Å². The first-order valence-electron chi connectivity index (χ1n) is 23.1. The first kappa shape index (κ1) is 53.6. The Morgan fingerprint density at radius 1 is 0.708 bits per heavy atom. The molecule has 5 fully saturated rings. The maximum atomic E-state index is 13.0. The van der Waals surface area contributed by atoms with Gasteiger partial charge in [-0.2, -0.15) is 11.8 Å². The van der Waals surface area contributed by atoms with Crippen molar-refractivity contribution in [2.24, 2.45) is 16.7 Å². The standard InChI is InChI=1S/C25H35NO5S.C18H24NOS.C7H12O4.CH3/c1-5-30-22(28)19(23(29)31-6-2)13-10-14-20-25(4)24(3,17-32-20)15-21(27)26(25)16-18-11-8-7-9-12-18;1-17-11-16(20)19(12-14-7-4-3-5-8-14)18(17,2)15-9-6-10-21(15)13-17;1-3-10-6(8)5-7(9)11-4-2;/h7-9,11-12,19-20H,5-6,10,13-17H2,1-4H3;3-5,7-8,15H,6,9-13H2,1-2H3;3-5H2,1-2H3;1H3/q;+1;;-1/t20?,24-,25+;15?,17-,18+,21?;;/m00../s1. The summed E-state index contributed by atoms with van der Waals surface area (Å²) in [5, 5.41) is 0.991. The van der Waals surface area contributed by atoms with E-state index >= 15 is 0 Å². The smallest absolute Gasteiger partial charge is 0.320 e. The van der Waals surface area contributed by atoms with E-state index in [1.54, 1.807) is 27.7 Å². The Kier molecular flexibility index (Phi) is 19.5. The van der Waals surface area contributed by atoms with Crippen molar-refractivity contribution < 1.29 is 47.7 Å². The van der Waals surface area contributed by atoms with E-state index in [1.165, 1.54) is 29.9 Å². The number of carbonyl (C=O) groups excluding carboxylic acids is 6. The van der Waals surface area contributed by atoms with Crippen LogP contribution < -0.4 is 0 Å². The molecule has 7 atom stereocenters. The van der Waals surface area contributed by atoms with Crippen LogP contribution in [0, 0.1) is 24.2 Å². The Labute approximate surface area is 395 Å². The molecule has 360 valence electrons. The van der Waals surface area contributed by atoms with Crippen molar-refractivity contribution in [1.29, 1.82) is 0 Å². The Morgan fingerprint density at radius 3 is 1.68 bits per heavy atom. The summed E-state index contributed by atoms with van der Waals surface area (Å²) in [5.41, 5.74) is 2.32. The average molecular weight is 939 g/mol. The molecule has 3 unspecified atom stereocenters. The number of likely N-dealkylation sites (tertiary alicyclic amines) is 2. The molecule has 0 bridgehead atoms. The van der Waals surface area contributed by atoms with Gasteiger partial charge in [-0.05, 0) is 82.8 Å². The molecule has 0 N–H and O–H groups in total. The van der Waals surface area contributed by atoms with Gasteiger partial charge in [-0.15, -0.1) is 0 Å². The third-order valence-electron chi connectivity index (χ3n) is 14.3. The maximum absolute atomic E-state index is 13.0. The van der Waals surface area contributed by atoms with Crippen LogP contribution >= 0.6 is 11.8 Å². The lowest BCUT2D eigenvalue weighted by atomic mass is 9.71. The molecule has 5 aliphatic rings. The molecule has 65 heavy (non-hydrogen) atoms. The van der Waals surface area contributed by atoms with Crippen LogP contribution in [0.3, 0.4) is 0 Å². The van der Waals surface area contributed by atoms with Gasteiger partial charge in [0.15, 0.2) is 5.92 Å². The van der Waals surface area contributed by atoms with E-state index in [0.717, 1.165) is 36.0 Å². The van der Waals surface area contributed by atoms with Crippen molar-refractivity contribution >= 4 is 58.3 Å². The molecule has 0 radical (unpaired) electrons. The Hall–Kier alpha value is -4.04. The van der Waals surface area contributed by atoms with Gasteiger partial charge in [0.05, 0.1) is 37.5 Å². The van der Waals surface area contributed by atoms with Crippen molar-refractivity contribution in [2.75, 3.05) is 43.7 Å². The first-order chi connectivity index (χ1) is 30.5. The molecule has 5 heterocycles. The largest absolute Gasteiger partial charge is 0.466 e. The van der Waals surface area contributed by atoms with Gasteiger partial charge in [-0.3, -0.25) is 28.8 Å². The normalized spacial score (nSPS) is 28.2. The van der Waals surface area contributed by atoms with Gasteiger partial charge in [0.25, 0.3) is 0 Å². The zero-order valence-corrected chi connectivity index (χ0v) is 42.0. The number of hydrogen-bond acceptors (Lipinski definition) is 11. The monoisotopic (exact) mass is 938 g/mol. The van der Waals surface area contributed by atoms with E-state index in [-0.39, 0.29) is 73.3 Å². The van der Waals surface area contributed by atoms with Gasteiger partial charge in [-0.25, -0.2) is 0 Å². The molecular weight excluding hydrogens is 865 g/mol. The highest BCUT2D eigenvalue weighted by Gasteiger charge is 2.73. The molecule has 7 rings (SSSR count). The molecule has 5 saturated heterocycles. The SMILES string of the molecule is CCOC(=O)C(CCCC1SC[C@]2(C)CC(=O)N(Cc3ccccc3)[C@]12C)C(=O)OCC.CCOC(=O)CC(=O)OCC.C[C@@]12CC(=O)N(Cc3ccccc3)[C@]1(C)C1CCC[S+]1C2.[CH3-]. The molecule has 2 aromatic carbocycles. The number of esters is 4. The third kappa shape index (κ3) is 11.7. The van der Waals surface area contributed by atoms with E-state index in [1.807, 2.05) is 36.0 Å². The van der Waals surface area contributed by atoms with Gasteiger partial charge in [0.1, 0.15) is 23.2 Å². The highest BCUT2D eigenvalue weighted by molar-refractivity contribution is 8.00. The zero-order valence-electron chi connectivity index (χ0n) is 40.3. The molecule has 2 aromatic rings. The number of ether oxygens (including phenoxy) is 4. The molecule has 0 spiro atoms. The quantitative estimate of drug-likeness (QED) is 0.0529. The van der Waals surface area contributed by atoms with Crippen LogP contribution in [0.25, 0.3) is 0 Å². The summed E-state index contributed by atoms with van der Waals surface area (Å²) < 4.78 is 19.2. The van der Waals surface area contributed by atoms with Crippen LogP contribution in [0.4, 0.5) is 0 Å². The fraction of sp³-hybridized carbons (Fsp3) is 0.627. The minimum absolute atomic E-state index is 0. The van der Waals surface area contributed by atoms with Gasteiger partial charge in [0.2, 0.25) is 11.8 Å². The summed E-state index contributed by atoms with van der Waals surface area (Å²) in [6.45, 7) is 18.5. The van der Waals surface area contributed by atoms with Gasteiger partial charge >= 0.3 is 23.9 Å². The van der Waals surface area contributed by atoms with Crippen LogP contribution in [0.2, 0.25) is 0 Å². The lowest BCUT2D eigenvalue weighted by Gasteiger charge is -2.44. The number of fused-ring (bicyclic) bond motifs is 4. The average Bonchev–Trinajstić information content (AvgIpc) is 3.96. The zero-order chi connectivity index (χ0) is 46.7. The van der Waals surface area contributed by atoms with Crippen molar-refractivity contribution in [3.05, 3.63) is 79.2 Å². The summed E-state index contributed by atoms with van der Waals surface area (Å²) in [7, 11) is 0.557. The molecule has 5 aliphatic heterocycles. The van der Waals surface area contributed by atoms with Crippen LogP contribution in [-0.2, 0) is 71.7 Å². The van der Waals surface area contributed by atoms with E-state index in [9.17, 15) is 28.8 Å². The number of benzene rings is 2. The summed E-state index contributed by atoms with van der Waals surface area (Å²) in [6, 6.07) is 20.6. The topological polar surface area (TPSA) is 146 Å². The lowest BCUT2D eigenvalue weighted by Crippen LogP contribution is -2.54. The Bertz CT molecular complexity index is 1900. The van der Waals surface area contributed by atoms with Crippen LogP contribution in [0.15, 0.2) is 60.7 Å². The fourth-order valence-corrected chi connectivity index (χ4v) is 16.5. The Balaban J connectivity index is 0.000000239. The van der Waals surface area contributed by atoms with Crippen molar-refractivity contribution in [1.82, 2.24) is 9.80 Å². The summed E-state index contributed by atoms with van der Waals surface area (Å²) in [4.78, 5) is 75.9. The summed E-state index contributed by atoms with van der Waals surface area (Å²) >= 11 is 1.91. The van der Waals surface area contributed by atoms with E-state index in [4.69, 9.17) is 9.47 Å². The highest BCUT2D eigenvalue weighted by atomic mass is 32.2. The van der Waals surface area contributed by atoms with Gasteiger partial charge < -0.3 is 36.2 Å². The fourth-order valence-electron chi connectivity index (χ4n) is 10.6. The summed E-state index contributed by atoms with van der Waals surface area (Å²) in [5.74, 6) is 1.23. The molecule has 12 nitrogen and oxygen atoms in total. The van der Waals surface area contributed by atoms with Crippen molar-refractivity contribution in [3.63, 3.8) is 0 Å². The van der Waals surface area contributed by atoms with Crippen molar-refractivity contribution in [3.8, 4) is 0 Å². The molecule has 0 aromatic heterocycles. The second-order valence-electron chi connectivity index (χ2n) is 18.3. The van der Waals surface area contributed by atoms with Crippen LogP contribution in [0.1, 0.15) is 118 Å². The predicted octanol–water partition coefficient (Wildman–Crippen LogP) is 8.14. The van der Waals surface area contributed by atoms with E-state index < -0.39 is 29.8 Å². The number of rotatable bonds is 16. The minimum atomic E-state index is -0.883.